The lowest BCUT2D eigenvalue weighted by molar-refractivity contribution is -0.120. The van der Waals surface area contributed by atoms with E-state index in [1.807, 2.05) is 84.1 Å². The second-order valence-corrected chi connectivity index (χ2v) is 8.62. The van der Waals surface area contributed by atoms with E-state index < -0.39 is 0 Å². The number of hydrogen-bond acceptors (Lipinski definition) is 5. The lowest BCUT2D eigenvalue weighted by Gasteiger charge is -2.23. The summed E-state index contributed by atoms with van der Waals surface area (Å²) in [5.74, 6) is -0.560. The Morgan fingerprint density at radius 1 is 0.844 bits per heavy atom. The van der Waals surface area contributed by atoms with Gasteiger partial charge in [0.25, 0.3) is 11.8 Å². The van der Waals surface area contributed by atoms with Gasteiger partial charge in [0.1, 0.15) is 5.70 Å². The number of anilines is 2. The second kappa shape index (κ2) is 9.40. The molecule has 0 atom stereocenters. The van der Waals surface area contributed by atoms with Gasteiger partial charge in [-0.1, -0.05) is 36.4 Å². The van der Waals surface area contributed by atoms with Gasteiger partial charge in [-0.3, -0.25) is 9.59 Å². The fourth-order valence-corrected chi connectivity index (χ4v) is 4.85. The summed E-state index contributed by atoms with van der Waals surface area (Å²) in [6.45, 7) is 6.55. The molecule has 0 bridgehead atoms. The number of amides is 2. The zero-order chi connectivity index (χ0) is 22.7. The van der Waals surface area contributed by atoms with Crippen LogP contribution in [0.15, 0.2) is 77.8 Å². The maximum atomic E-state index is 13.6. The normalized spacial score (nSPS) is 13.8. The molecule has 0 saturated heterocycles. The van der Waals surface area contributed by atoms with Crippen molar-refractivity contribution in [2.75, 3.05) is 29.9 Å². The minimum absolute atomic E-state index is 0.275. The largest absolute Gasteiger partial charge is 0.372 e. The topological polar surface area (TPSA) is 43.9 Å². The lowest BCUT2D eigenvalue weighted by Crippen LogP contribution is -2.34. The Labute approximate surface area is 193 Å². The molecule has 0 unspecified atom stereocenters. The molecule has 3 aromatic rings. The van der Waals surface area contributed by atoms with Crippen molar-refractivity contribution in [3.63, 3.8) is 0 Å². The van der Waals surface area contributed by atoms with Crippen molar-refractivity contribution >= 4 is 40.1 Å². The maximum Gasteiger partial charge on any atom is 0.282 e. The van der Waals surface area contributed by atoms with Crippen molar-refractivity contribution in [3.05, 3.63) is 88.2 Å². The Hall–Kier alpha value is -3.38. The molecule has 0 radical (unpaired) electrons. The molecule has 2 aromatic carbocycles. The van der Waals surface area contributed by atoms with Crippen LogP contribution in [0.3, 0.4) is 0 Å². The van der Waals surface area contributed by atoms with E-state index in [0.29, 0.717) is 23.5 Å². The minimum atomic E-state index is -0.285. The van der Waals surface area contributed by atoms with Gasteiger partial charge in [0.2, 0.25) is 0 Å². The van der Waals surface area contributed by atoms with Gasteiger partial charge >= 0.3 is 0 Å². The summed E-state index contributed by atoms with van der Waals surface area (Å²) in [7, 11) is 1.87. The second-order valence-electron chi connectivity index (χ2n) is 7.68. The first-order chi connectivity index (χ1) is 15.5. The molecule has 6 heteroatoms. The van der Waals surface area contributed by atoms with Crippen LogP contribution >= 0.6 is 11.3 Å². The summed E-state index contributed by atoms with van der Waals surface area (Å²) >= 11 is 1.47. The van der Waals surface area contributed by atoms with Crippen LogP contribution < -0.4 is 9.80 Å². The van der Waals surface area contributed by atoms with Gasteiger partial charge in [0.05, 0.1) is 11.3 Å². The molecule has 2 amide bonds. The molecule has 32 heavy (non-hydrogen) atoms. The molecule has 2 heterocycles. The van der Waals surface area contributed by atoms with Crippen LogP contribution in [0.2, 0.25) is 0 Å². The summed E-state index contributed by atoms with van der Waals surface area (Å²) < 4.78 is 0. The van der Waals surface area contributed by atoms with Crippen molar-refractivity contribution in [1.82, 2.24) is 4.90 Å². The van der Waals surface area contributed by atoms with Gasteiger partial charge in [-0.15, -0.1) is 11.3 Å². The number of benzene rings is 2. The van der Waals surface area contributed by atoms with Crippen molar-refractivity contribution in [2.45, 2.75) is 20.4 Å². The number of thiophene rings is 1. The zero-order valence-corrected chi connectivity index (χ0v) is 19.4. The molecule has 1 aromatic heterocycles. The highest BCUT2D eigenvalue weighted by molar-refractivity contribution is 7.11. The highest BCUT2D eigenvalue weighted by Crippen LogP contribution is 2.37. The molecule has 164 valence electrons. The Bertz CT molecular complexity index is 1120. The number of nitrogens with zero attached hydrogens (tertiary/aromatic N) is 3. The van der Waals surface area contributed by atoms with Crippen molar-refractivity contribution < 1.29 is 9.59 Å². The number of carbonyl (C=O) groups is 2. The lowest BCUT2D eigenvalue weighted by atomic mass is 10.1. The molecule has 1 aliphatic rings. The van der Waals surface area contributed by atoms with E-state index in [9.17, 15) is 9.59 Å². The first kappa shape index (κ1) is 21.8. The molecule has 0 spiro atoms. The highest BCUT2D eigenvalue weighted by Gasteiger charge is 2.42. The first-order valence-corrected chi connectivity index (χ1v) is 11.7. The number of carbonyl (C=O) groups excluding carboxylic acids is 2. The number of imide groups is 1. The summed E-state index contributed by atoms with van der Waals surface area (Å²) in [6, 6.07) is 21.4. The Morgan fingerprint density at radius 2 is 1.53 bits per heavy atom. The van der Waals surface area contributed by atoms with Crippen LogP contribution in [0.1, 0.15) is 24.3 Å². The third kappa shape index (κ3) is 4.06. The molecular weight excluding hydrogens is 418 g/mol. The van der Waals surface area contributed by atoms with Gasteiger partial charge in [0, 0.05) is 37.2 Å². The first-order valence-electron chi connectivity index (χ1n) is 10.8. The van der Waals surface area contributed by atoms with E-state index in [0.717, 1.165) is 29.2 Å². The average molecular weight is 446 g/mol. The van der Waals surface area contributed by atoms with E-state index in [-0.39, 0.29) is 11.8 Å². The predicted octanol–water partition coefficient (Wildman–Crippen LogP) is 5.01. The zero-order valence-electron chi connectivity index (χ0n) is 18.6. The number of rotatable bonds is 8. The van der Waals surface area contributed by atoms with Crippen molar-refractivity contribution in [1.29, 1.82) is 0 Å². The Balaban J connectivity index is 1.69. The minimum Gasteiger partial charge on any atom is -0.372 e. The van der Waals surface area contributed by atoms with Crippen LogP contribution in [0.5, 0.6) is 0 Å². The van der Waals surface area contributed by atoms with E-state index in [1.165, 1.54) is 16.2 Å². The van der Waals surface area contributed by atoms with Gasteiger partial charge in [-0.25, -0.2) is 4.90 Å². The number of likely N-dealkylation sites (N-methyl/N-ethyl adjacent to an activating group) is 1. The highest BCUT2D eigenvalue weighted by atomic mass is 32.1. The smallest absolute Gasteiger partial charge is 0.282 e. The summed E-state index contributed by atoms with van der Waals surface area (Å²) in [5, 5.41) is 1.93. The van der Waals surface area contributed by atoms with Crippen LogP contribution in [-0.4, -0.2) is 36.9 Å². The summed E-state index contributed by atoms with van der Waals surface area (Å²) in [6.07, 6.45) is 0. The molecule has 0 N–H and O–H groups in total. The molecule has 0 saturated carbocycles. The molecule has 5 nitrogen and oxygen atoms in total. The third-order valence-corrected chi connectivity index (χ3v) is 6.60. The Morgan fingerprint density at radius 3 is 2.12 bits per heavy atom. The monoisotopic (exact) mass is 445 g/mol. The van der Waals surface area contributed by atoms with Crippen LogP contribution in [-0.2, 0) is 16.1 Å². The Kier molecular flexibility index (Phi) is 6.42. The van der Waals surface area contributed by atoms with Crippen LogP contribution in [0.25, 0.3) is 5.57 Å². The quantitative estimate of drug-likeness (QED) is 0.457. The van der Waals surface area contributed by atoms with Gasteiger partial charge in [-0.2, -0.15) is 0 Å². The fourth-order valence-electron chi connectivity index (χ4n) is 4.09. The SMILES string of the molecule is CCN(CC)c1ccc(N2C(=O)C(c3cccs3)=C(N(C)Cc3ccccc3)C2=O)cc1. The van der Waals surface area contributed by atoms with Gasteiger partial charge in [-0.05, 0) is 55.1 Å². The average Bonchev–Trinajstić information content (AvgIpc) is 3.42. The van der Waals surface area contributed by atoms with Gasteiger partial charge in [0.15, 0.2) is 0 Å². The third-order valence-electron chi connectivity index (χ3n) is 5.71. The van der Waals surface area contributed by atoms with Crippen LogP contribution in [0, 0.1) is 0 Å². The predicted molar refractivity (Wildman–Crippen MR) is 132 cm³/mol. The van der Waals surface area contributed by atoms with Gasteiger partial charge < -0.3 is 9.80 Å². The molecule has 0 fully saturated rings. The molecule has 1 aliphatic heterocycles. The summed E-state index contributed by atoms with van der Waals surface area (Å²) in [5.41, 5.74) is 3.65. The van der Waals surface area contributed by atoms with E-state index >= 15 is 0 Å². The van der Waals surface area contributed by atoms with E-state index in [1.54, 1.807) is 0 Å². The summed E-state index contributed by atoms with van der Waals surface area (Å²) in [4.78, 5) is 33.3. The fraction of sp³-hybridized carbons (Fsp3) is 0.231. The van der Waals surface area contributed by atoms with Crippen LogP contribution in [0.4, 0.5) is 11.4 Å². The molecule has 0 aliphatic carbocycles. The van der Waals surface area contributed by atoms with E-state index in [4.69, 9.17) is 0 Å². The standard InChI is InChI=1S/C26H27N3O2S/c1-4-28(5-2)20-13-15-21(16-14-20)29-25(30)23(22-12-9-17-32-22)24(26(29)31)27(3)18-19-10-7-6-8-11-19/h6-17H,4-5,18H2,1-3H3. The van der Waals surface area contributed by atoms with E-state index in [2.05, 4.69) is 18.7 Å². The molecule has 4 rings (SSSR count). The van der Waals surface area contributed by atoms with Crippen molar-refractivity contribution in [2.24, 2.45) is 0 Å². The molecular formula is C26H27N3O2S. The maximum absolute atomic E-state index is 13.6. The number of hydrogen-bond donors (Lipinski definition) is 0. The van der Waals surface area contributed by atoms with Crippen molar-refractivity contribution in [3.8, 4) is 0 Å².